The van der Waals surface area contributed by atoms with Crippen LogP contribution >= 0.6 is 11.6 Å². The lowest BCUT2D eigenvalue weighted by atomic mass is 9.98. The van der Waals surface area contributed by atoms with Gasteiger partial charge in [-0.3, -0.25) is 10.1 Å². The number of rotatable bonds is 5. The Morgan fingerprint density at radius 2 is 1.53 bits per heavy atom. The van der Waals surface area contributed by atoms with Crippen molar-refractivity contribution in [3.8, 4) is 39.6 Å². The van der Waals surface area contributed by atoms with Crippen LogP contribution in [0, 0.1) is 0 Å². The first-order chi connectivity index (χ1) is 18.2. The number of anilines is 1. The Morgan fingerprint density at radius 1 is 0.842 bits per heavy atom. The lowest BCUT2D eigenvalue weighted by Crippen LogP contribution is -2.13. The molecule has 9 heteroatoms. The molecule has 190 valence electrons. The van der Waals surface area contributed by atoms with Gasteiger partial charge < -0.3 is 9.52 Å². The molecule has 0 aliphatic heterocycles. The number of halogens is 4. The summed E-state index contributed by atoms with van der Waals surface area (Å²) < 4.78 is 45.2. The zero-order chi connectivity index (χ0) is 26.9. The van der Waals surface area contributed by atoms with Gasteiger partial charge in [0, 0.05) is 27.3 Å². The summed E-state index contributed by atoms with van der Waals surface area (Å²) in [4.78, 5) is 17.9. The van der Waals surface area contributed by atoms with Crippen LogP contribution in [0.2, 0.25) is 5.02 Å². The van der Waals surface area contributed by atoms with Gasteiger partial charge in [-0.2, -0.15) is 13.2 Å². The predicted octanol–water partition coefficient (Wildman–Crippen LogP) is 8.31. The third-order valence-corrected chi connectivity index (χ3v) is 6.02. The number of phenolic OH excluding ortho intramolecular Hbond substituents is 1. The first-order valence-electron chi connectivity index (χ1n) is 11.3. The van der Waals surface area contributed by atoms with Crippen molar-refractivity contribution in [1.29, 1.82) is 0 Å². The minimum Gasteiger partial charge on any atom is -0.507 e. The van der Waals surface area contributed by atoms with E-state index < -0.39 is 17.6 Å². The van der Waals surface area contributed by atoms with Gasteiger partial charge >= 0.3 is 6.18 Å². The average molecular weight is 535 g/mol. The van der Waals surface area contributed by atoms with Crippen molar-refractivity contribution in [3.05, 3.63) is 113 Å². The molecule has 0 radical (unpaired) electrons. The molecule has 5 nitrogen and oxygen atoms in total. The highest BCUT2D eigenvalue weighted by molar-refractivity contribution is 6.30. The minimum absolute atomic E-state index is 0.0382. The quantitative estimate of drug-likeness (QED) is 0.238. The van der Waals surface area contributed by atoms with Gasteiger partial charge in [0.15, 0.2) is 0 Å². The summed E-state index contributed by atoms with van der Waals surface area (Å²) in [5, 5.41) is 13.5. The lowest BCUT2D eigenvalue weighted by molar-refractivity contribution is -0.137. The second-order valence-electron chi connectivity index (χ2n) is 8.30. The molecule has 0 saturated heterocycles. The molecule has 0 aliphatic rings. The summed E-state index contributed by atoms with van der Waals surface area (Å²) in [5.41, 5.74) is 1.36. The second-order valence-corrected chi connectivity index (χ2v) is 8.74. The minimum atomic E-state index is -4.49. The number of carbonyl (C=O) groups excluding carboxylic acids is 1. The summed E-state index contributed by atoms with van der Waals surface area (Å²) in [5.74, 6) is -0.531. The van der Waals surface area contributed by atoms with Gasteiger partial charge in [0.1, 0.15) is 11.4 Å². The second kappa shape index (κ2) is 10.1. The van der Waals surface area contributed by atoms with Crippen LogP contribution in [0.1, 0.15) is 15.9 Å². The van der Waals surface area contributed by atoms with Gasteiger partial charge in [-0.25, -0.2) is 4.98 Å². The highest BCUT2D eigenvalue weighted by Gasteiger charge is 2.30. The Morgan fingerprint density at radius 3 is 2.21 bits per heavy atom. The van der Waals surface area contributed by atoms with E-state index in [2.05, 4.69) is 10.3 Å². The number of oxazole rings is 1. The van der Waals surface area contributed by atoms with E-state index in [1.807, 2.05) is 6.07 Å². The number of benzene rings is 4. The van der Waals surface area contributed by atoms with E-state index in [1.54, 1.807) is 60.7 Å². The fourth-order valence-corrected chi connectivity index (χ4v) is 4.11. The fourth-order valence-electron chi connectivity index (χ4n) is 3.94. The molecule has 4 aromatic carbocycles. The van der Waals surface area contributed by atoms with Crippen molar-refractivity contribution in [2.45, 2.75) is 6.18 Å². The molecular weight excluding hydrogens is 517 g/mol. The third-order valence-electron chi connectivity index (χ3n) is 5.78. The fraction of sp³-hybridized carbons (Fsp3) is 0.0345. The maximum absolute atomic E-state index is 13.4. The molecule has 5 aromatic rings. The molecule has 0 aliphatic carbocycles. The highest BCUT2D eigenvalue weighted by atomic mass is 35.5. The number of aromatic nitrogens is 1. The van der Waals surface area contributed by atoms with Crippen LogP contribution in [0.4, 0.5) is 19.1 Å². The van der Waals surface area contributed by atoms with E-state index in [9.17, 15) is 23.1 Å². The molecule has 0 atom stereocenters. The van der Waals surface area contributed by atoms with Gasteiger partial charge in [-0.05, 0) is 54.1 Å². The number of carbonyl (C=O) groups is 1. The van der Waals surface area contributed by atoms with Crippen molar-refractivity contribution in [3.63, 3.8) is 0 Å². The number of nitrogens with zero attached hydrogens (tertiary/aromatic N) is 1. The van der Waals surface area contributed by atoms with E-state index >= 15 is 0 Å². The Kier molecular flexibility index (Phi) is 6.65. The summed E-state index contributed by atoms with van der Waals surface area (Å²) in [6, 6.07) is 24.5. The molecule has 0 unspecified atom stereocenters. The molecule has 0 spiro atoms. The van der Waals surface area contributed by atoms with Gasteiger partial charge in [0.25, 0.3) is 5.91 Å². The third kappa shape index (κ3) is 5.12. The Hall–Kier alpha value is -4.56. The van der Waals surface area contributed by atoms with Gasteiger partial charge in [0.2, 0.25) is 11.8 Å². The van der Waals surface area contributed by atoms with Crippen molar-refractivity contribution in [2.75, 3.05) is 5.32 Å². The van der Waals surface area contributed by atoms with Crippen LogP contribution < -0.4 is 5.32 Å². The maximum atomic E-state index is 13.4. The van der Waals surface area contributed by atoms with Gasteiger partial charge in [-0.15, -0.1) is 0 Å². The molecule has 38 heavy (non-hydrogen) atoms. The zero-order valence-corrected chi connectivity index (χ0v) is 20.2. The van der Waals surface area contributed by atoms with Crippen molar-refractivity contribution < 1.29 is 27.5 Å². The lowest BCUT2D eigenvalue weighted by Gasteiger charge is -2.11. The molecule has 0 bridgehead atoms. The number of hydrogen-bond acceptors (Lipinski definition) is 4. The molecule has 5 rings (SSSR count). The first-order valence-corrected chi connectivity index (χ1v) is 11.7. The van der Waals surface area contributed by atoms with Crippen LogP contribution in [0.25, 0.3) is 33.8 Å². The normalized spacial score (nSPS) is 11.4. The van der Waals surface area contributed by atoms with Crippen LogP contribution in [0.5, 0.6) is 5.75 Å². The summed E-state index contributed by atoms with van der Waals surface area (Å²) in [6.07, 6.45) is -4.49. The van der Waals surface area contributed by atoms with E-state index in [4.69, 9.17) is 16.0 Å². The molecular formula is C29H18ClF3N2O3. The number of nitrogens with one attached hydrogen (secondary N) is 1. The van der Waals surface area contributed by atoms with Crippen LogP contribution in [0.15, 0.2) is 101 Å². The summed E-state index contributed by atoms with van der Waals surface area (Å²) in [6.45, 7) is 0. The van der Waals surface area contributed by atoms with E-state index in [0.717, 1.165) is 12.1 Å². The topological polar surface area (TPSA) is 75.4 Å². The Labute approximate surface area is 220 Å². The number of amides is 1. The summed E-state index contributed by atoms with van der Waals surface area (Å²) in [7, 11) is 0. The number of hydrogen-bond donors (Lipinski definition) is 2. The van der Waals surface area contributed by atoms with Gasteiger partial charge in [0.05, 0.1) is 5.56 Å². The molecule has 0 fully saturated rings. The number of phenols is 1. The van der Waals surface area contributed by atoms with E-state index in [1.165, 1.54) is 18.2 Å². The molecule has 2 N–H and O–H groups in total. The van der Waals surface area contributed by atoms with E-state index in [-0.39, 0.29) is 28.8 Å². The number of aromatic hydroxyl groups is 1. The van der Waals surface area contributed by atoms with Crippen molar-refractivity contribution >= 4 is 23.4 Å². The molecule has 1 aromatic heterocycles. The highest BCUT2D eigenvalue weighted by Crippen LogP contribution is 2.37. The van der Waals surface area contributed by atoms with Gasteiger partial charge in [-0.1, -0.05) is 60.1 Å². The van der Waals surface area contributed by atoms with Crippen molar-refractivity contribution in [2.24, 2.45) is 0 Å². The Balaban J connectivity index is 1.55. The van der Waals surface area contributed by atoms with Crippen molar-refractivity contribution in [1.82, 2.24) is 4.98 Å². The average Bonchev–Trinajstić information content (AvgIpc) is 3.32. The van der Waals surface area contributed by atoms with E-state index in [0.29, 0.717) is 27.3 Å². The standard InChI is InChI=1S/C29H18ClF3N2O3/c30-20-14-15-22(24(36)16-20)21-8-4-5-9-23(21)26(37)35-28-25(17-10-12-19(13-11-17)29(31,32)33)34-27(38-28)18-6-2-1-3-7-18/h1-16,36H,(H,35,37). The molecule has 1 heterocycles. The Bertz CT molecular complexity index is 1610. The molecule has 0 saturated carbocycles. The molecule has 1 amide bonds. The SMILES string of the molecule is O=C(Nc1oc(-c2ccccc2)nc1-c1ccc(C(F)(F)F)cc1)c1ccccc1-c1ccc(Cl)cc1O. The van der Waals surface area contributed by atoms with Crippen LogP contribution in [0.3, 0.4) is 0 Å². The van der Waals surface area contributed by atoms with Crippen LogP contribution in [-0.4, -0.2) is 16.0 Å². The summed E-state index contributed by atoms with van der Waals surface area (Å²) >= 11 is 5.96. The predicted molar refractivity (Wildman–Crippen MR) is 139 cm³/mol. The van der Waals surface area contributed by atoms with Crippen LogP contribution in [-0.2, 0) is 6.18 Å². The number of alkyl halides is 3. The smallest absolute Gasteiger partial charge is 0.416 e. The largest absolute Gasteiger partial charge is 0.507 e. The zero-order valence-electron chi connectivity index (χ0n) is 19.5. The first kappa shape index (κ1) is 25.1. The maximum Gasteiger partial charge on any atom is 0.416 e. The monoisotopic (exact) mass is 534 g/mol.